The van der Waals surface area contributed by atoms with Crippen LogP contribution < -0.4 is 10.8 Å². The van der Waals surface area contributed by atoms with Gasteiger partial charge < -0.3 is 29.0 Å². The highest BCUT2D eigenvalue weighted by atomic mass is 32.2. The number of carbonyl (C=O) groups excluding carboxylic acids is 1. The Morgan fingerprint density at radius 1 is 1.36 bits per heavy atom. The highest BCUT2D eigenvalue weighted by Gasteiger charge is 2.23. The Morgan fingerprint density at radius 3 is 2.79 bits per heavy atom. The van der Waals surface area contributed by atoms with E-state index in [0.717, 1.165) is 11.3 Å². The number of aromatic hydroxyl groups is 1. The van der Waals surface area contributed by atoms with Crippen LogP contribution in [0.5, 0.6) is 5.75 Å². The van der Waals surface area contributed by atoms with E-state index in [9.17, 15) is 14.5 Å². The number of nitrogens with one attached hydrogen (secondary N) is 2. The molecule has 4 rings (SSSR count). The molecule has 1 aliphatic heterocycles. The van der Waals surface area contributed by atoms with Gasteiger partial charge in [0, 0.05) is 17.5 Å². The van der Waals surface area contributed by atoms with E-state index >= 15 is 0 Å². The SMILES string of the molecule is C=C(C)[C@@H](N=c1[nH][s+]([O-])nc1Nc1cccc(C(=O)N2CCOCC2)c1O)c1ccc(C)o1. The van der Waals surface area contributed by atoms with Crippen molar-refractivity contribution in [1.82, 2.24) is 13.6 Å². The van der Waals surface area contributed by atoms with Gasteiger partial charge in [-0.05, 0) is 43.7 Å². The smallest absolute Gasteiger partial charge is 0.257 e. The van der Waals surface area contributed by atoms with Gasteiger partial charge in [0.25, 0.3) is 5.91 Å². The molecule has 1 amide bonds. The monoisotopic (exact) mass is 471 g/mol. The van der Waals surface area contributed by atoms with Gasteiger partial charge in [-0.2, -0.15) is 0 Å². The number of aromatic nitrogens is 2. The second kappa shape index (κ2) is 9.61. The van der Waals surface area contributed by atoms with Gasteiger partial charge in [-0.15, -0.1) is 4.37 Å². The first-order chi connectivity index (χ1) is 15.8. The van der Waals surface area contributed by atoms with Crippen LogP contribution in [0.25, 0.3) is 0 Å². The van der Waals surface area contributed by atoms with Crippen LogP contribution in [0.15, 0.2) is 51.9 Å². The van der Waals surface area contributed by atoms with Crippen molar-refractivity contribution in [2.45, 2.75) is 19.9 Å². The first-order valence-electron chi connectivity index (χ1n) is 10.4. The van der Waals surface area contributed by atoms with Crippen molar-refractivity contribution in [1.29, 1.82) is 0 Å². The second-order valence-corrected chi connectivity index (χ2v) is 8.58. The van der Waals surface area contributed by atoms with E-state index in [1.807, 2.05) is 19.9 Å². The molecule has 1 aromatic carbocycles. The Kier molecular flexibility index (Phi) is 6.63. The number of furan rings is 1. The lowest BCUT2D eigenvalue weighted by Gasteiger charge is -2.27. The quantitative estimate of drug-likeness (QED) is 0.285. The summed E-state index contributed by atoms with van der Waals surface area (Å²) in [5, 5.41) is 13.7. The topological polar surface area (TPSA) is 139 Å². The minimum atomic E-state index is -1.75. The molecule has 0 spiro atoms. The van der Waals surface area contributed by atoms with Crippen LogP contribution in [0.2, 0.25) is 0 Å². The molecular formula is C22H25N5O5S. The number of phenols is 1. The van der Waals surface area contributed by atoms with Gasteiger partial charge >= 0.3 is 0 Å². The third kappa shape index (κ3) is 5.00. The molecule has 1 unspecified atom stereocenters. The number of rotatable bonds is 6. The minimum absolute atomic E-state index is 0.152. The number of hydrogen-bond acceptors (Lipinski definition) is 8. The van der Waals surface area contributed by atoms with E-state index in [-0.39, 0.29) is 34.2 Å². The number of benzene rings is 1. The minimum Gasteiger partial charge on any atom is -0.548 e. The van der Waals surface area contributed by atoms with Gasteiger partial charge in [-0.25, -0.2) is 4.99 Å². The summed E-state index contributed by atoms with van der Waals surface area (Å²) in [4.78, 5) is 19.1. The van der Waals surface area contributed by atoms with Crippen LogP contribution in [0.4, 0.5) is 11.5 Å². The maximum absolute atomic E-state index is 12.9. The normalized spacial score (nSPS) is 16.0. The number of anilines is 2. The number of H-pyrrole nitrogens is 1. The number of aromatic amines is 1. The molecule has 0 radical (unpaired) electrons. The molecule has 174 valence electrons. The predicted octanol–water partition coefficient (Wildman–Crippen LogP) is 3.18. The maximum Gasteiger partial charge on any atom is 0.257 e. The Hall–Kier alpha value is -3.41. The van der Waals surface area contributed by atoms with Gasteiger partial charge in [0.2, 0.25) is 11.3 Å². The van der Waals surface area contributed by atoms with Crippen LogP contribution in [-0.2, 0) is 4.74 Å². The number of ether oxygens (including phenoxy) is 1. The van der Waals surface area contributed by atoms with Crippen molar-refractivity contribution in [3.05, 3.63) is 65.1 Å². The van der Waals surface area contributed by atoms with Crippen molar-refractivity contribution >= 4 is 28.6 Å². The van der Waals surface area contributed by atoms with Crippen molar-refractivity contribution in [3.63, 3.8) is 0 Å². The predicted molar refractivity (Wildman–Crippen MR) is 122 cm³/mol. The second-order valence-electron chi connectivity index (χ2n) is 7.70. The molecule has 11 heteroatoms. The highest BCUT2D eigenvalue weighted by molar-refractivity contribution is 7.13. The zero-order valence-corrected chi connectivity index (χ0v) is 19.1. The fourth-order valence-electron chi connectivity index (χ4n) is 3.48. The molecule has 1 saturated heterocycles. The molecule has 3 heterocycles. The summed E-state index contributed by atoms with van der Waals surface area (Å²) in [6, 6.07) is 7.91. The van der Waals surface area contributed by atoms with Crippen LogP contribution >= 0.6 is 11.1 Å². The Morgan fingerprint density at radius 2 is 2.12 bits per heavy atom. The fourth-order valence-corrected chi connectivity index (χ4v) is 4.14. The number of amides is 1. The van der Waals surface area contributed by atoms with Gasteiger partial charge in [0.05, 0.1) is 24.5 Å². The average Bonchev–Trinajstić information content (AvgIpc) is 3.38. The standard InChI is InChI=1S/C22H25N5O5S/c1-13(2)18(17-8-7-14(3)32-17)24-21-20(25-33(30)26-21)23-16-6-4-5-15(19(16)28)22(29)27-9-11-31-12-10-27/h4-8,18,28H,1,9-12H2,2-3H3,(H,23,25)(H,24,26)/t18-,33?/m1/s1. The lowest BCUT2D eigenvalue weighted by atomic mass is 10.1. The van der Waals surface area contributed by atoms with E-state index in [2.05, 4.69) is 25.6 Å². The van der Waals surface area contributed by atoms with Crippen LogP contribution in [0.3, 0.4) is 0 Å². The van der Waals surface area contributed by atoms with Crippen LogP contribution in [-0.4, -0.2) is 55.5 Å². The lowest BCUT2D eigenvalue weighted by Crippen LogP contribution is -2.40. The molecule has 10 nitrogen and oxygen atoms in total. The molecule has 2 atom stereocenters. The number of morpholine rings is 1. The molecule has 33 heavy (non-hydrogen) atoms. The van der Waals surface area contributed by atoms with Gasteiger partial charge in [0.1, 0.15) is 17.6 Å². The van der Waals surface area contributed by atoms with Crippen LogP contribution in [0.1, 0.15) is 34.8 Å². The number of phenolic OH excluding ortho intramolecular Hbond substituents is 1. The largest absolute Gasteiger partial charge is 0.548 e. The maximum atomic E-state index is 12.9. The Bertz CT molecular complexity index is 1240. The number of hydrogen-bond donors (Lipinski definition) is 3. The lowest BCUT2D eigenvalue weighted by molar-refractivity contribution is 0.0301. The van der Waals surface area contributed by atoms with Crippen molar-refractivity contribution in [2.75, 3.05) is 31.6 Å². The molecule has 1 aliphatic rings. The number of carbonyl (C=O) groups is 1. The highest BCUT2D eigenvalue weighted by Crippen LogP contribution is 2.31. The first kappa shape index (κ1) is 22.8. The Labute approximate surface area is 193 Å². The van der Waals surface area contributed by atoms with Gasteiger partial charge in [-0.3, -0.25) is 4.79 Å². The van der Waals surface area contributed by atoms with E-state index in [1.54, 1.807) is 29.2 Å². The van der Waals surface area contributed by atoms with Crippen molar-refractivity contribution in [3.8, 4) is 5.75 Å². The zero-order valence-electron chi connectivity index (χ0n) is 18.3. The van der Waals surface area contributed by atoms with E-state index in [1.165, 1.54) is 0 Å². The molecule has 0 aliphatic carbocycles. The summed E-state index contributed by atoms with van der Waals surface area (Å²) in [5.41, 5.74) is 1.33. The van der Waals surface area contributed by atoms with Crippen molar-refractivity contribution < 1.29 is 23.6 Å². The number of aryl methyl sites for hydroxylation is 1. The third-order valence-corrected chi connectivity index (χ3v) is 5.87. The fraction of sp³-hybridized carbons (Fsp3) is 0.318. The summed E-state index contributed by atoms with van der Waals surface area (Å²) >= 11 is -1.75. The molecule has 0 saturated carbocycles. The summed E-state index contributed by atoms with van der Waals surface area (Å²) < 4.78 is 29.8. The van der Waals surface area contributed by atoms with Gasteiger partial charge in [0.15, 0.2) is 16.9 Å². The van der Waals surface area contributed by atoms with Crippen molar-refractivity contribution in [2.24, 2.45) is 4.99 Å². The van der Waals surface area contributed by atoms with Gasteiger partial charge in [-0.1, -0.05) is 12.6 Å². The summed E-state index contributed by atoms with van der Waals surface area (Å²) in [7, 11) is 0. The third-order valence-electron chi connectivity index (χ3n) is 5.16. The average molecular weight is 472 g/mol. The summed E-state index contributed by atoms with van der Waals surface area (Å²) in [6.07, 6.45) is 0. The van der Waals surface area contributed by atoms with E-state index in [4.69, 9.17) is 9.15 Å². The summed E-state index contributed by atoms with van der Waals surface area (Å²) in [5.74, 6) is 0.963. The molecule has 0 bridgehead atoms. The summed E-state index contributed by atoms with van der Waals surface area (Å²) in [6.45, 7) is 9.45. The Balaban J connectivity index is 1.66. The molecule has 3 aromatic rings. The molecular weight excluding hydrogens is 446 g/mol. The van der Waals surface area contributed by atoms with E-state index in [0.29, 0.717) is 32.1 Å². The number of para-hydroxylation sites is 1. The van der Waals surface area contributed by atoms with E-state index < -0.39 is 17.2 Å². The first-order valence-corrected chi connectivity index (χ1v) is 11.5. The molecule has 2 aromatic heterocycles. The zero-order chi connectivity index (χ0) is 23.5. The number of nitrogens with zero attached hydrogens (tertiary/aromatic N) is 3. The molecule has 3 N–H and O–H groups in total. The van der Waals surface area contributed by atoms with Crippen LogP contribution in [0, 0.1) is 6.92 Å². The molecule has 1 fully saturated rings.